The van der Waals surface area contributed by atoms with Gasteiger partial charge in [0.15, 0.2) is 0 Å². The summed E-state index contributed by atoms with van der Waals surface area (Å²) >= 11 is 0.00985. The molecular formula is C36H76Cl2Sn. The number of unbranched alkanes of at least 4 members (excludes halogenated alkanes) is 30. The summed E-state index contributed by atoms with van der Waals surface area (Å²) in [5.41, 5.74) is 0. The molecule has 0 fully saturated rings. The second-order valence-corrected chi connectivity index (χ2v) is 16.6. The average molecular weight is 699 g/mol. The summed E-state index contributed by atoms with van der Waals surface area (Å²) in [7, 11) is 0. The van der Waals surface area contributed by atoms with E-state index in [0.29, 0.717) is 0 Å². The zero-order chi connectivity index (χ0) is 26.7. The zero-order valence-corrected chi connectivity index (χ0v) is 31.8. The van der Waals surface area contributed by atoms with Gasteiger partial charge in [-0.25, -0.2) is 0 Å². The third-order valence-electron chi connectivity index (χ3n) is 8.41. The molecule has 0 spiro atoms. The van der Waals surface area contributed by atoms with Gasteiger partial charge in [-0.05, 0) is 0 Å². The summed E-state index contributed by atoms with van der Waals surface area (Å²) in [6, 6.07) is 0. The molecular weight excluding hydrogens is 622 g/mol. The standard InChI is InChI=1S/2C18H37.2ClH.Sn/c2*1-3-5-7-9-11-13-15-17-18-16-14-12-10-8-6-4-2;;;/h2*1,3-18H2,2H3;2*1H;. The first-order chi connectivity index (χ1) is 18.4. The Morgan fingerprint density at radius 2 is 0.385 bits per heavy atom. The molecule has 0 aliphatic heterocycles. The number of rotatable bonds is 34. The number of hydrogen-bond donors (Lipinski definition) is 0. The van der Waals surface area contributed by atoms with Gasteiger partial charge in [0.1, 0.15) is 0 Å². The second-order valence-electron chi connectivity index (χ2n) is 12.4. The first-order valence-corrected chi connectivity index (χ1v) is 22.2. The molecule has 0 aromatic rings. The summed E-state index contributed by atoms with van der Waals surface area (Å²) in [6.45, 7) is 4.62. The van der Waals surface area contributed by atoms with Crippen LogP contribution in [0.2, 0.25) is 8.87 Å². The Bertz CT molecular complexity index is 343. The van der Waals surface area contributed by atoms with Crippen LogP contribution in [-0.2, 0) is 0 Å². The van der Waals surface area contributed by atoms with Crippen molar-refractivity contribution in [1.82, 2.24) is 0 Å². The van der Waals surface area contributed by atoms with Gasteiger partial charge in [0.05, 0.1) is 0 Å². The van der Waals surface area contributed by atoms with E-state index >= 15 is 0 Å². The molecule has 0 saturated carbocycles. The van der Waals surface area contributed by atoms with E-state index in [9.17, 15) is 0 Å². The minimum absolute atomic E-state index is 0. The van der Waals surface area contributed by atoms with Crippen LogP contribution in [0.1, 0.15) is 219 Å². The van der Waals surface area contributed by atoms with Crippen molar-refractivity contribution in [2.45, 2.75) is 228 Å². The fourth-order valence-electron chi connectivity index (χ4n) is 5.72. The van der Waals surface area contributed by atoms with Crippen LogP contribution < -0.4 is 0 Å². The summed E-state index contributed by atoms with van der Waals surface area (Å²) in [6.07, 6.45) is 47.9. The minimum atomic E-state index is 0. The van der Waals surface area contributed by atoms with E-state index in [1.807, 2.05) is 0 Å². The van der Waals surface area contributed by atoms with E-state index < -0.39 is 0 Å². The van der Waals surface area contributed by atoms with Crippen LogP contribution in [0, 0.1) is 0 Å². The second kappa shape index (κ2) is 43.8. The first kappa shape index (κ1) is 44.8. The molecule has 0 heterocycles. The summed E-state index contributed by atoms with van der Waals surface area (Å²) in [4.78, 5) is 0. The van der Waals surface area contributed by atoms with E-state index in [-0.39, 0.29) is 46.0 Å². The van der Waals surface area contributed by atoms with Crippen LogP contribution in [0.3, 0.4) is 0 Å². The Hall–Kier alpha value is 1.38. The third-order valence-corrected chi connectivity index (χ3v) is 12.5. The molecule has 39 heavy (non-hydrogen) atoms. The van der Waals surface area contributed by atoms with Crippen LogP contribution in [0.25, 0.3) is 0 Å². The molecule has 0 aliphatic carbocycles. The summed E-state index contributed by atoms with van der Waals surface area (Å²) in [5, 5.41) is 0. The quantitative estimate of drug-likeness (QED) is 0.0464. The number of halogens is 2. The molecule has 0 rings (SSSR count). The molecule has 0 nitrogen and oxygen atoms in total. The summed E-state index contributed by atoms with van der Waals surface area (Å²) in [5.74, 6) is 0. The smallest absolute Gasteiger partial charge is 0.147 e. The van der Waals surface area contributed by atoms with Gasteiger partial charge in [-0.2, -0.15) is 0 Å². The molecule has 0 bridgehead atoms. The van der Waals surface area contributed by atoms with E-state index in [2.05, 4.69) is 13.8 Å². The van der Waals surface area contributed by atoms with Crippen molar-refractivity contribution < 1.29 is 0 Å². The van der Waals surface area contributed by atoms with Crippen LogP contribution in [-0.4, -0.2) is 21.1 Å². The van der Waals surface area contributed by atoms with Gasteiger partial charge >= 0.3 is 171 Å². The van der Waals surface area contributed by atoms with Crippen molar-refractivity contribution in [3.63, 3.8) is 0 Å². The van der Waals surface area contributed by atoms with Crippen LogP contribution in [0.15, 0.2) is 0 Å². The zero-order valence-electron chi connectivity index (χ0n) is 27.4. The average Bonchev–Trinajstić information content (AvgIpc) is 2.91. The predicted molar refractivity (Wildman–Crippen MR) is 189 cm³/mol. The van der Waals surface area contributed by atoms with Crippen LogP contribution >= 0.6 is 24.8 Å². The molecule has 3 heteroatoms. The van der Waals surface area contributed by atoms with Gasteiger partial charge < -0.3 is 0 Å². The fourth-order valence-corrected chi connectivity index (χ4v) is 9.29. The van der Waals surface area contributed by atoms with Gasteiger partial charge in [0.25, 0.3) is 0 Å². The molecule has 0 aromatic heterocycles. The van der Waals surface area contributed by atoms with Crippen LogP contribution in [0.5, 0.6) is 0 Å². The SMILES string of the molecule is CCCCCCCCCCCCCCCCC[CH2][Sn][CH2]CCCCCCCCCCCCCCCCC.Cl.Cl. The Labute approximate surface area is 272 Å². The first-order valence-electron chi connectivity index (χ1n) is 18.1. The van der Waals surface area contributed by atoms with Gasteiger partial charge in [-0.1, -0.05) is 78.1 Å². The maximum atomic E-state index is 2.31. The van der Waals surface area contributed by atoms with Gasteiger partial charge in [0.2, 0.25) is 0 Å². The van der Waals surface area contributed by atoms with Crippen LogP contribution in [0.4, 0.5) is 0 Å². The normalized spacial score (nSPS) is 10.9. The van der Waals surface area contributed by atoms with Crippen molar-refractivity contribution in [3.8, 4) is 0 Å². The molecule has 0 amide bonds. The molecule has 0 unspecified atom stereocenters. The molecule has 0 aromatic carbocycles. The van der Waals surface area contributed by atoms with E-state index in [0.717, 1.165) is 0 Å². The maximum absolute atomic E-state index is 2.31. The monoisotopic (exact) mass is 698 g/mol. The molecule has 0 atom stereocenters. The molecule has 0 N–H and O–H groups in total. The fraction of sp³-hybridized carbons (Fsp3) is 1.00. The van der Waals surface area contributed by atoms with Gasteiger partial charge in [-0.15, -0.1) is 24.8 Å². The Morgan fingerprint density at radius 1 is 0.231 bits per heavy atom. The van der Waals surface area contributed by atoms with Gasteiger partial charge in [-0.3, -0.25) is 0 Å². The molecule has 238 valence electrons. The van der Waals surface area contributed by atoms with Crippen molar-refractivity contribution in [3.05, 3.63) is 0 Å². The number of hydrogen-bond acceptors (Lipinski definition) is 0. The Kier molecular flexibility index (Phi) is 50.4. The van der Waals surface area contributed by atoms with E-state index in [4.69, 9.17) is 0 Å². The third kappa shape index (κ3) is 44.0. The summed E-state index contributed by atoms with van der Waals surface area (Å²) < 4.78 is 3.33. The Morgan fingerprint density at radius 3 is 0.564 bits per heavy atom. The van der Waals surface area contributed by atoms with Crippen molar-refractivity contribution in [2.75, 3.05) is 0 Å². The van der Waals surface area contributed by atoms with Crippen molar-refractivity contribution >= 4 is 46.0 Å². The Balaban J connectivity index is -0.00000648. The topological polar surface area (TPSA) is 0 Å². The molecule has 0 saturated heterocycles. The minimum Gasteiger partial charge on any atom is -0.147 e. The van der Waals surface area contributed by atoms with Crippen molar-refractivity contribution in [2.24, 2.45) is 0 Å². The predicted octanol–water partition coefficient (Wildman–Crippen LogP) is 14.9. The molecule has 0 aliphatic rings. The van der Waals surface area contributed by atoms with E-state index in [1.165, 1.54) is 193 Å². The van der Waals surface area contributed by atoms with Crippen molar-refractivity contribution in [1.29, 1.82) is 0 Å². The van der Waals surface area contributed by atoms with E-state index in [1.54, 1.807) is 21.7 Å². The molecule has 2 radical (unpaired) electrons. The van der Waals surface area contributed by atoms with Gasteiger partial charge in [0, 0.05) is 0 Å².